The molecular weight excluding hydrogens is 346 g/mol. The second kappa shape index (κ2) is 8.63. The highest BCUT2D eigenvalue weighted by Crippen LogP contribution is 2.15. The summed E-state index contributed by atoms with van der Waals surface area (Å²) in [7, 11) is -3.21. The molecule has 0 spiro atoms. The molecule has 0 aromatic carbocycles. The zero-order valence-electron chi connectivity index (χ0n) is 15.0. The Morgan fingerprint density at radius 1 is 1.36 bits per heavy atom. The molecule has 1 aliphatic heterocycles. The van der Waals surface area contributed by atoms with Crippen molar-refractivity contribution in [3.8, 4) is 0 Å². The van der Waals surface area contributed by atoms with E-state index in [2.05, 4.69) is 15.7 Å². The second-order valence-electron chi connectivity index (χ2n) is 6.00. The molecule has 0 unspecified atom stereocenters. The fraction of sp³-hybridized carbons (Fsp3) is 0.733. The van der Waals surface area contributed by atoms with E-state index in [4.69, 9.17) is 4.74 Å². The van der Waals surface area contributed by atoms with Gasteiger partial charge in [0.15, 0.2) is 0 Å². The van der Waals surface area contributed by atoms with E-state index in [-0.39, 0.29) is 18.7 Å². The molecule has 0 saturated carbocycles. The van der Waals surface area contributed by atoms with Crippen LogP contribution in [0, 0.1) is 0 Å². The summed E-state index contributed by atoms with van der Waals surface area (Å²) < 4.78 is 32.0. The number of nitrogens with zero attached hydrogens (tertiary/aromatic N) is 3. The fourth-order valence-electron chi connectivity index (χ4n) is 2.67. The molecule has 0 radical (unpaired) electrons. The number of carbonyl (C=O) groups excluding carboxylic acids is 1. The van der Waals surface area contributed by atoms with E-state index in [9.17, 15) is 13.2 Å². The Bertz CT molecular complexity index is 688. The highest BCUT2D eigenvalue weighted by atomic mass is 32.2. The molecule has 0 fully saturated rings. The number of carbonyl (C=O) groups is 1. The standard InChI is InChI=1S/C15H27N5O4S/c1-4-14(24-5-2)10-17-15(21)16-9-12-8-13-11-19(25(3,22)23)6-7-20(13)18-12/h8,14H,4-7,9-11H2,1-3H3,(H2,16,17,21)/t14-/m1/s1. The molecule has 2 amide bonds. The lowest BCUT2D eigenvalue weighted by atomic mass is 10.3. The number of hydrogen-bond donors (Lipinski definition) is 2. The van der Waals surface area contributed by atoms with Crippen LogP contribution in [-0.4, -0.2) is 60.6 Å². The number of rotatable bonds is 8. The molecule has 0 aliphatic carbocycles. The third kappa shape index (κ3) is 5.68. The van der Waals surface area contributed by atoms with Crippen molar-refractivity contribution >= 4 is 16.1 Å². The number of nitrogens with one attached hydrogen (secondary N) is 2. The Morgan fingerprint density at radius 2 is 2.12 bits per heavy atom. The number of hydrogen-bond acceptors (Lipinski definition) is 5. The van der Waals surface area contributed by atoms with E-state index < -0.39 is 10.0 Å². The first-order valence-electron chi connectivity index (χ1n) is 8.47. The van der Waals surface area contributed by atoms with Gasteiger partial charge in [0.05, 0.1) is 43.4 Å². The van der Waals surface area contributed by atoms with Crippen molar-refractivity contribution in [2.45, 2.75) is 46.0 Å². The molecule has 9 nitrogen and oxygen atoms in total. The van der Waals surface area contributed by atoms with E-state index in [0.717, 1.165) is 12.1 Å². The van der Waals surface area contributed by atoms with Gasteiger partial charge in [-0.25, -0.2) is 13.2 Å². The first kappa shape index (κ1) is 19.7. The topological polar surface area (TPSA) is 106 Å². The van der Waals surface area contributed by atoms with Gasteiger partial charge < -0.3 is 15.4 Å². The van der Waals surface area contributed by atoms with Gasteiger partial charge in [0.25, 0.3) is 0 Å². The smallest absolute Gasteiger partial charge is 0.315 e. The van der Waals surface area contributed by atoms with Crippen molar-refractivity contribution in [3.63, 3.8) is 0 Å². The highest BCUT2D eigenvalue weighted by molar-refractivity contribution is 7.88. The molecule has 1 atom stereocenters. The van der Waals surface area contributed by atoms with Crippen LogP contribution in [0.1, 0.15) is 31.7 Å². The Morgan fingerprint density at radius 3 is 2.76 bits per heavy atom. The predicted octanol–water partition coefficient (Wildman–Crippen LogP) is 0.273. The van der Waals surface area contributed by atoms with Gasteiger partial charge in [0.1, 0.15) is 0 Å². The average Bonchev–Trinajstić information content (AvgIpc) is 2.98. The quantitative estimate of drug-likeness (QED) is 0.681. The minimum absolute atomic E-state index is 0.0117. The SMILES string of the molecule is CCO[C@H](CC)CNC(=O)NCc1cc2n(n1)CCN(S(C)(=O)=O)C2. The predicted molar refractivity (Wildman–Crippen MR) is 93.4 cm³/mol. The lowest BCUT2D eigenvalue weighted by Crippen LogP contribution is -2.40. The minimum atomic E-state index is -3.21. The molecular formula is C15H27N5O4S. The summed E-state index contributed by atoms with van der Waals surface area (Å²) in [6.45, 7) is 6.54. The van der Waals surface area contributed by atoms with Crippen LogP contribution >= 0.6 is 0 Å². The summed E-state index contributed by atoms with van der Waals surface area (Å²) in [6.07, 6.45) is 2.05. The molecule has 0 bridgehead atoms. The van der Waals surface area contributed by atoms with Gasteiger partial charge in [-0.15, -0.1) is 0 Å². The molecule has 25 heavy (non-hydrogen) atoms. The number of ether oxygens (including phenoxy) is 1. The number of urea groups is 1. The van der Waals surface area contributed by atoms with Gasteiger partial charge in [-0.3, -0.25) is 4.68 Å². The first-order chi connectivity index (χ1) is 11.8. The Balaban J connectivity index is 1.83. The van der Waals surface area contributed by atoms with Crippen LogP contribution in [0.2, 0.25) is 0 Å². The summed E-state index contributed by atoms with van der Waals surface area (Å²) >= 11 is 0. The van der Waals surface area contributed by atoms with Crippen LogP contribution < -0.4 is 10.6 Å². The minimum Gasteiger partial charge on any atom is -0.377 e. The van der Waals surface area contributed by atoms with Gasteiger partial charge in [-0.1, -0.05) is 6.92 Å². The summed E-state index contributed by atoms with van der Waals surface area (Å²) in [4.78, 5) is 11.9. The van der Waals surface area contributed by atoms with Crippen molar-refractivity contribution in [1.29, 1.82) is 0 Å². The molecule has 2 N–H and O–H groups in total. The molecule has 1 aromatic rings. The Kier molecular flexibility index (Phi) is 6.79. The lowest BCUT2D eigenvalue weighted by Gasteiger charge is -2.25. The number of aromatic nitrogens is 2. The van der Waals surface area contributed by atoms with E-state index >= 15 is 0 Å². The van der Waals surface area contributed by atoms with Crippen LogP contribution in [0.3, 0.4) is 0 Å². The van der Waals surface area contributed by atoms with Gasteiger partial charge in [-0.05, 0) is 19.4 Å². The zero-order valence-corrected chi connectivity index (χ0v) is 15.8. The maximum atomic E-state index is 11.9. The van der Waals surface area contributed by atoms with Crippen LogP contribution in [0.25, 0.3) is 0 Å². The van der Waals surface area contributed by atoms with Crippen molar-refractivity contribution in [2.24, 2.45) is 0 Å². The molecule has 142 valence electrons. The Hall–Kier alpha value is -1.65. The number of sulfonamides is 1. The maximum Gasteiger partial charge on any atom is 0.315 e. The van der Waals surface area contributed by atoms with Gasteiger partial charge >= 0.3 is 6.03 Å². The van der Waals surface area contributed by atoms with Crippen molar-refractivity contribution < 1.29 is 17.9 Å². The summed E-state index contributed by atoms with van der Waals surface area (Å²) in [5, 5.41) is 9.95. The Labute approximate surface area is 148 Å². The molecule has 10 heteroatoms. The number of fused-ring (bicyclic) bond motifs is 1. The number of amides is 2. The van der Waals surface area contributed by atoms with Crippen LogP contribution in [0.4, 0.5) is 4.79 Å². The molecule has 1 aliphatic rings. The largest absolute Gasteiger partial charge is 0.377 e. The maximum absolute atomic E-state index is 11.9. The van der Waals surface area contributed by atoms with Crippen molar-refractivity contribution in [3.05, 3.63) is 17.5 Å². The van der Waals surface area contributed by atoms with E-state index in [1.807, 2.05) is 19.9 Å². The van der Waals surface area contributed by atoms with Crippen molar-refractivity contribution in [1.82, 2.24) is 24.7 Å². The zero-order chi connectivity index (χ0) is 18.4. The molecule has 1 aromatic heterocycles. The highest BCUT2D eigenvalue weighted by Gasteiger charge is 2.24. The molecule has 0 saturated heterocycles. The fourth-order valence-corrected chi connectivity index (χ4v) is 3.45. The van der Waals surface area contributed by atoms with Gasteiger partial charge in [-0.2, -0.15) is 9.40 Å². The van der Waals surface area contributed by atoms with E-state index in [1.54, 1.807) is 4.68 Å². The summed E-state index contributed by atoms with van der Waals surface area (Å²) in [5.74, 6) is 0. The van der Waals surface area contributed by atoms with E-state index in [1.165, 1.54) is 10.6 Å². The second-order valence-corrected chi connectivity index (χ2v) is 7.98. The average molecular weight is 373 g/mol. The van der Waals surface area contributed by atoms with Crippen molar-refractivity contribution in [2.75, 3.05) is 26.0 Å². The third-order valence-electron chi connectivity index (χ3n) is 4.06. The first-order valence-corrected chi connectivity index (χ1v) is 10.3. The monoisotopic (exact) mass is 373 g/mol. The van der Waals surface area contributed by atoms with Gasteiger partial charge in [0, 0.05) is 19.7 Å². The molecule has 2 heterocycles. The summed E-state index contributed by atoms with van der Waals surface area (Å²) in [6, 6.07) is 1.55. The molecule has 2 rings (SSSR count). The lowest BCUT2D eigenvalue weighted by molar-refractivity contribution is 0.0618. The normalized spacial score (nSPS) is 16.3. The third-order valence-corrected chi connectivity index (χ3v) is 5.31. The van der Waals surface area contributed by atoms with Crippen LogP contribution in [0.5, 0.6) is 0 Å². The van der Waals surface area contributed by atoms with Gasteiger partial charge in [0.2, 0.25) is 10.0 Å². The van der Waals surface area contributed by atoms with Crippen LogP contribution in [0.15, 0.2) is 6.07 Å². The van der Waals surface area contributed by atoms with E-state index in [0.29, 0.717) is 38.5 Å². The summed E-state index contributed by atoms with van der Waals surface area (Å²) in [5.41, 5.74) is 1.54. The van der Waals surface area contributed by atoms with Crippen LogP contribution in [-0.2, 0) is 34.4 Å².